The van der Waals surface area contributed by atoms with Crippen LogP contribution in [0.1, 0.15) is 36.5 Å². The van der Waals surface area contributed by atoms with Gasteiger partial charge in [-0.2, -0.15) is 4.39 Å². The van der Waals surface area contributed by atoms with Crippen LogP contribution in [0.4, 0.5) is 8.78 Å². The Morgan fingerprint density at radius 2 is 2.28 bits per heavy atom. The Labute approximate surface area is 105 Å². The van der Waals surface area contributed by atoms with Gasteiger partial charge in [0.25, 0.3) is 5.91 Å². The second kappa shape index (κ2) is 5.42. The summed E-state index contributed by atoms with van der Waals surface area (Å²) in [5.41, 5.74) is -0.284. The standard InChI is InChI=1S/C13H16F2N2O/c1-8-3-2-4-9(8)7-17-13(18)10-5-6-16-12(15)11(10)14/h5-6,8-9H,2-4,7H2,1H3,(H,17,18). The molecule has 0 aliphatic heterocycles. The summed E-state index contributed by atoms with van der Waals surface area (Å²) in [5.74, 6) is -1.99. The van der Waals surface area contributed by atoms with E-state index in [0.29, 0.717) is 18.4 Å². The third-order valence-corrected chi connectivity index (χ3v) is 3.66. The molecule has 0 radical (unpaired) electrons. The second-order valence-electron chi connectivity index (χ2n) is 4.84. The zero-order valence-electron chi connectivity index (χ0n) is 10.2. The van der Waals surface area contributed by atoms with E-state index in [9.17, 15) is 13.6 Å². The number of hydrogen-bond acceptors (Lipinski definition) is 2. The highest BCUT2D eigenvalue weighted by Crippen LogP contribution is 2.30. The molecule has 1 aromatic heterocycles. The smallest absolute Gasteiger partial charge is 0.254 e. The molecule has 0 spiro atoms. The maximum atomic E-state index is 13.3. The molecule has 1 N–H and O–H groups in total. The van der Waals surface area contributed by atoms with Gasteiger partial charge in [0.1, 0.15) is 0 Å². The Morgan fingerprint density at radius 1 is 1.50 bits per heavy atom. The average molecular weight is 254 g/mol. The van der Waals surface area contributed by atoms with Gasteiger partial charge >= 0.3 is 0 Å². The molecular formula is C13H16F2N2O. The highest BCUT2D eigenvalue weighted by molar-refractivity contribution is 5.94. The van der Waals surface area contributed by atoms with Gasteiger partial charge in [0, 0.05) is 12.7 Å². The van der Waals surface area contributed by atoms with Gasteiger partial charge in [-0.15, -0.1) is 0 Å². The number of amides is 1. The fourth-order valence-electron chi connectivity index (χ4n) is 2.44. The SMILES string of the molecule is CC1CCCC1CNC(=O)c1ccnc(F)c1F. The first-order chi connectivity index (χ1) is 8.59. The van der Waals surface area contributed by atoms with Crippen LogP contribution in [0, 0.1) is 23.6 Å². The zero-order valence-corrected chi connectivity index (χ0v) is 10.2. The van der Waals surface area contributed by atoms with E-state index in [1.165, 1.54) is 18.9 Å². The van der Waals surface area contributed by atoms with Crippen molar-refractivity contribution in [2.24, 2.45) is 11.8 Å². The van der Waals surface area contributed by atoms with Crippen LogP contribution in [0.5, 0.6) is 0 Å². The fraction of sp³-hybridized carbons (Fsp3) is 0.538. The summed E-state index contributed by atoms with van der Waals surface area (Å²) in [5, 5.41) is 2.67. The molecule has 18 heavy (non-hydrogen) atoms. The van der Waals surface area contributed by atoms with Gasteiger partial charge in [0.15, 0.2) is 5.82 Å². The lowest BCUT2D eigenvalue weighted by molar-refractivity contribution is 0.0939. The number of carbonyl (C=O) groups is 1. The van der Waals surface area contributed by atoms with Crippen molar-refractivity contribution in [2.75, 3.05) is 6.54 Å². The van der Waals surface area contributed by atoms with Crippen molar-refractivity contribution in [3.63, 3.8) is 0 Å². The highest BCUT2D eigenvalue weighted by atomic mass is 19.2. The molecule has 0 aromatic carbocycles. The number of nitrogens with zero attached hydrogens (tertiary/aromatic N) is 1. The molecule has 5 heteroatoms. The molecule has 0 saturated heterocycles. The first kappa shape index (κ1) is 12.9. The van der Waals surface area contributed by atoms with Gasteiger partial charge in [-0.1, -0.05) is 19.8 Å². The molecular weight excluding hydrogens is 238 g/mol. The van der Waals surface area contributed by atoms with Crippen molar-refractivity contribution in [2.45, 2.75) is 26.2 Å². The Morgan fingerprint density at radius 3 is 2.94 bits per heavy atom. The van der Waals surface area contributed by atoms with Crippen LogP contribution in [0.2, 0.25) is 0 Å². The molecule has 98 valence electrons. The fourth-order valence-corrected chi connectivity index (χ4v) is 2.44. The van der Waals surface area contributed by atoms with Crippen molar-refractivity contribution in [1.29, 1.82) is 0 Å². The summed E-state index contributed by atoms with van der Waals surface area (Å²) in [6.07, 6.45) is 4.50. The number of carbonyl (C=O) groups excluding carboxylic acids is 1. The summed E-state index contributed by atoms with van der Waals surface area (Å²) in [6.45, 7) is 2.67. The van der Waals surface area contributed by atoms with Gasteiger partial charge in [-0.25, -0.2) is 9.37 Å². The number of pyridine rings is 1. The Kier molecular flexibility index (Phi) is 3.89. The van der Waals surface area contributed by atoms with Crippen LogP contribution in [0.3, 0.4) is 0 Å². The molecule has 1 fully saturated rings. The summed E-state index contributed by atoms with van der Waals surface area (Å²) >= 11 is 0. The van der Waals surface area contributed by atoms with E-state index in [1.54, 1.807) is 0 Å². The minimum atomic E-state index is -1.24. The number of hydrogen-bond donors (Lipinski definition) is 1. The summed E-state index contributed by atoms with van der Waals surface area (Å²) < 4.78 is 26.2. The molecule has 1 aliphatic rings. The van der Waals surface area contributed by atoms with Crippen LogP contribution in [0.15, 0.2) is 12.3 Å². The molecule has 1 heterocycles. The van der Waals surface area contributed by atoms with Crippen molar-refractivity contribution in [3.8, 4) is 0 Å². The van der Waals surface area contributed by atoms with Crippen molar-refractivity contribution < 1.29 is 13.6 Å². The van der Waals surface area contributed by atoms with E-state index in [4.69, 9.17) is 0 Å². The molecule has 2 rings (SSSR count). The van der Waals surface area contributed by atoms with Crippen molar-refractivity contribution >= 4 is 5.91 Å². The first-order valence-corrected chi connectivity index (χ1v) is 6.17. The van der Waals surface area contributed by atoms with Gasteiger partial charge in [-0.3, -0.25) is 4.79 Å². The van der Waals surface area contributed by atoms with Crippen LogP contribution in [-0.2, 0) is 0 Å². The lowest BCUT2D eigenvalue weighted by atomic mass is 9.98. The minimum Gasteiger partial charge on any atom is -0.352 e. The van der Waals surface area contributed by atoms with Crippen LogP contribution in [0.25, 0.3) is 0 Å². The third-order valence-electron chi connectivity index (χ3n) is 3.66. The summed E-state index contributed by atoms with van der Waals surface area (Å²) in [6, 6.07) is 1.19. The normalized spacial score (nSPS) is 23.1. The largest absolute Gasteiger partial charge is 0.352 e. The first-order valence-electron chi connectivity index (χ1n) is 6.17. The van der Waals surface area contributed by atoms with E-state index in [-0.39, 0.29) is 5.56 Å². The maximum absolute atomic E-state index is 13.3. The van der Waals surface area contributed by atoms with Gasteiger partial charge in [0.05, 0.1) is 5.56 Å². The summed E-state index contributed by atoms with van der Waals surface area (Å²) in [7, 11) is 0. The van der Waals surface area contributed by atoms with Crippen LogP contribution >= 0.6 is 0 Å². The lowest BCUT2D eigenvalue weighted by Gasteiger charge is -2.15. The van der Waals surface area contributed by atoms with Gasteiger partial charge < -0.3 is 5.32 Å². The van der Waals surface area contributed by atoms with E-state index in [2.05, 4.69) is 17.2 Å². The van der Waals surface area contributed by atoms with E-state index in [1.807, 2.05) is 0 Å². The van der Waals surface area contributed by atoms with E-state index in [0.717, 1.165) is 12.6 Å². The highest BCUT2D eigenvalue weighted by Gasteiger charge is 2.24. The molecule has 1 aliphatic carbocycles. The maximum Gasteiger partial charge on any atom is 0.254 e. The molecule has 2 unspecified atom stereocenters. The lowest BCUT2D eigenvalue weighted by Crippen LogP contribution is -2.31. The molecule has 1 amide bonds. The monoisotopic (exact) mass is 254 g/mol. The molecule has 1 saturated carbocycles. The number of rotatable bonds is 3. The third kappa shape index (κ3) is 2.66. The van der Waals surface area contributed by atoms with E-state index >= 15 is 0 Å². The predicted molar refractivity (Wildman–Crippen MR) is 63.0 cm³/mol. The zero-order chi connectivity index (χ0) is 13.1. The van der Waals surface area contributed by atoms with Crippen LogP contribution < -0.4 is 5.32 Å². The molecule has 3 nitrogen and oxygen atoms in total. The quantitative estimate of drug-likeness (QED) is 0.842. The average Bonchev–Trinajstić information content (AvgIpc) is 2.75. The second-order valence-corrected chi connectivity index (χ2v) is 4.84. The van der Waals surface area contributed by atoms with Crippen molar-refractivity contribution in [3.05, 3.63) is 29.6 Å². The topological polar surface area (TPSA) is 42.0 Å². The number of aromatic nitrogens is 1. The Balaban J connectivity index is 1.97. The molecule has 1 aromatic rings. The van der Waals surface area contributed by atoms with Gasteiger partial charge in [-0.05, 0) is 24.3 Å². The molecule has 2 atom stereocenters. The Bertz CT molecular complexity index is 451. The minimum absolute atomic E-state index is 0.284. The number of nitrogens with one attached hydrogen (secondary N) is 1. The van der Waals surface area contributed by atoms with Crippen LogP contribution in [-0.4, -0.2) is 17.4 Å². The number of halogens is 2. The predicted octanol–water partition coefficient (Wildman–Crippen LogP) is 2.53. The van der Waals surface area contributed by atoms with E-state index < -0.39 is 17.7 Å². The molecule has 0 bridgehead atoms. The Hall–Kier alpha value is -1.52. The summed E-state index contributed by atoms with van der Waals surface area (Å²) in [4.78, 5) is 14.9. The van der Waals surface area contributed by atoms with Gasteiger partial charge in [0.2, 0.25) is 5.95 Å². The van der Waals surface area contributed by atoms with Crippen molar-refractivity contribution in [1.82, 2.24) is 10.3 Å².